The molecule has 0 radical (unpaired) electrons. The monoisotopic (exact) mass is 417 g/mol. The van der Waals surface area contributed by atoms with Crippen LogP contribution in [-0.2, 0) is 4.79 Å². The second-order valence-corrected chi connectivity index (χ2v) is 7.19. The number of thioether (sulfide) groups is 1. The highest BCUT2D eigenvalue weighted by molar-refractivity contribution is 7.99. The van der Waals surface area contributed by atoms with Crippen LogP contribution < -0.4 is 14.8 Å². The molecule has 4 rings (SSSR count). The molecule has 0 unspecified atom stereocenters. The first-order valence-corrected chi connectivity index (χ1v) is 9.56. The van der Waals surface area contributed by atoms with Gasteiger partial charge in [-0.25, -0.2) is 4.39 Å². The van der Waals surface area contributed by atoms with E-state index in [4.69, 9.17) is 21.1 Å². The minimum Gasteiger partial charge on any atom is -0.454 e. The standard InChI is InChI=1S/C19H13ClFN3O3S/c20-13-3-2-12(8-14(13)21)22-18(25)9-28-19-6-4-15(23-24-19)11-1-5-16-17(7-11)27-10-26-16/h1-8H,9-10H2,(H,22,25). The molecule has 28 heavy (non-hydrogen) atoms. The zero-order chi connectivity index (χ0) is 19.5. The summed E-state index contributed by atoms with van der Waals surface area (Å²) in [5, 5.41) is 11.5. The molecule has 9 heteroatoms. The van der Waals surface area contributed by atoms with Gasteiger partial charge in [0, 0.05) is 11.3 Å². The van der Waals surface area contributed by atoms with E-state index in [2.05, 4.69) is 15.5 Å². The molecule has 0 saturated carbocycles. The summed E-state index contributed by atoms with van der Waals surface area (Å²) in [6.07, 6.45) is 0. The molecular weight excluding hydrogens is 405 g/mol. The van der Waals surface area contributed by atoms with Crippen LogP contribution in [0.5, 0.6) is 11.5 Å². The largest absolute Gasteiger partial charge is 0.454 e. The molecule has 1 N–H and O–H groups in total. The van der Waals surface area contributed by atoms with Crippen LogP contribution in [0.2, 0.25) is 5.02 Å². The van der Waals surface area contributed by atoms with Gasteiger partial charge in [0.05, 0.1) is 16.5 Å². The van der Waals surface area contributed by atoms with Gasteiger partial charge in [0.25, 0.3) is 0 Å². The van der Waals surface area contributed by atoms with E-state index in [1.54, 1.807) is 6.07 Å². The molecule has 6 nitrogen and oxygen atoms in total. The van der Waals surface area contributed by atoms with Gasteiger partial charge in [0.2, 0.25) is 12.7 Å². The Labute approximate surface area is 169 Å². The van der Waals surface area contributed by atoms with E-state index >= 15 is 0 Å². The molecule has 0 spiro atoms. The summed E-state index contributed by atoms with van der Waals surface area (Å²) < 4.78 is 24.1. The lowest BCUT2D eigenvalue weighted by molar-refractivity contribution is -0.113. The first-order chi connectivity index (χ1) is 13.6. The van der Waals surface area contributed by atoms with Crippen molar-refractivity contribution in [1.82, 2.24) is 10.2 Å². The Balaban J connectivity index is 1.35. The molecule has 0 fully saturated rings. The molecule has 142 valence electrons. The number of fused-ring (bicyclic) bond motifs is 1. The summed E-state index contributed by atoms with van der Waals surface area (Å²) in [6.45, 7) is 0.213. The average Bonchev–Trinajstić information content (AvgIpc) is 3.17. The zero-order valence-electron chi connectivity index (χ0n) is 14.3. The maximum absolute atomic E-state index is 13.4. The molecule has 0 saturated heterocycles. The number of hydrogen-bond donors (Lipinski definition) is 1. The number of carbonyl (C=O) groups is 1. The quantitative estimate of drug-likeness (QED) is 0.620. The number of amides is 1. The van der Waals surface area contributed by atoms with Crippen LogP contribution in [0.4, 0.5) is 10.1 Å². The highest BCUT2D eigenvalue weighted by atomic mass is 35.5. The van der Waals surface area contributed by atoms with Crippen LogP contribution in [-0.4, -0.2) is 28.7 Å². The normalized spacial score (nSPS) is 12.1. The van der Waals surface area contributed by atoms with Gasteiger partial charge in [-0.2, -0.15) is 0 Å². The van der Waals surface area contributed by atoms with Gasteiger partial charge in [0.15, 0.2) is 11.5 Å². The van der Waals surface area contributed by atoms with E-state index in [1.807, 2.05) is 24.3 Å². The van der Waals surface area contributed by atoms with Gasteiger partial charge in [-0.1, -0.05) is 23.4 Å². The van der Waals surface area contributed by atoms with E-state index in [1.165, 1.54) is 30.0 Å². The van der Waals surface area contributed by atoms with Crippen molar-refractivity contribution in [3.63, 3.8) is 0 Å². The van der Waals surface area contributed by atoms with Gasteiger partial charge in [-0.15, -0.1) is 10.2 Å². The molecule has 3 aromatic rings. The molecular formula is C19H13ClFN3O3S. The Morgan fingerprint density at radius 2 is 1.96 bits per heavy atom. The first kappa shape index (κ1) is 18.5. The predicted octanol–water partition coefficient (Wildman–Crippen LogP) is 4.40. The minimum atomic E-state index is -0.586. The van der Waals surface area contributed by atoms with E-state index < -0.39 is 5.82 Å². The SMILES string of the molecule is O=C(CSc1ccc(-c2ccc3c(c2)OCO3)nn1)Nc1ccc(Cl)c(F)c1. The second kappa shape index (κ2) is 8.04. The summed E-state index contributed by atoms with van der Waals surface area (Å²) >= 11 is 6.85. The molecule has 0 aliphatic carbocycles. The van der Waals surface area contributed by atoms with Gasteiger partial charge in [0.1, 0.15) is 10.8 Å². The van der Waals surface area contributed by atoms with Gasteiger partial charge in [-0.05, 0) is 48.5 Å². The Kier molecular flexibility index (Phi) is 5.31. The molecule has 0 bridgehead atoms. The van der Waals surface area contributed by atoms with Crippen LogP contribution in [0.1, 0.15) is 0 Å². The topological polar surface area (TPSA) is 73.3 Å². The molecule has 1 amide bonds. The maximum Gasteiger partial charge on any atom is 0.234 e. The lowest BCUT2D eigenvalue weighted by atomic mass is 10.1. The second-order valence-electron chi connectivity index (χ2n) is 5.79. The first-order valence-electron chi connectivity index (χ1n) is 8.20. The predicted molar refractivity (Wildman–Crippen MR) is 104 cm³/mol. The van der Waals surface area contributed by atoms with Crippen molar-refractivity contribution in [2.24, 2.45) is 0 Å². The Bertz CT molecular complexity index is 1030. The number of carbonyl (C=O) groups excluding carboxylic acids is 1. The molecule has 1 aliphatic heterocycles. The van der Waals surface area contributed by atoms with Crippen molar-refractivity contribution in [3.05, 3.63) is 59.4 Å². The minimum absolute atomic E-state index is 0.00481. The lowest BCUT2D eigenvalue weighted by Gasteiger charge is -2.06. The van der Waals surface area contributed by atoms with Crippen molar-refractivity contribution >= 4 is 35.0 Å². The van der Waals surface area contributed by atoms with E-state index in [0.717, 1.165) is 5.56 Å². The summed E-state index contributed by atoms with van der Waals surface area (Å²) in [7, 11) is 0. The van der Waals surface area contributed by atoms with Crippen molar-refractivity contribution in [2.75, 3.05) is 17.9 Å². The van der Waals surface area contributed by atoms with E-state index in [0.29, 0.717) is 27.9 Å². The number of benzene rings is 2. The fourth-order valence-electron chi connectivity index (χ4n) is 2.52. The van der Waals surface area contributed by atoms with Gasteiger partial charge in [-0.3, -0.25) is 4.79 Å². The third kappa shape index (κ3) is 4.18. The summed E-state index contributed by atoms with van der Waals surface area (Å²) in [4.78, 5) is 12.0. The van der Waals surface area contributed by atoms with Crippen LogP contribution in [0, 0.1) is 5.82 Å². The van der Waals surface area contributed by atoms with Gasteiger partial charge >= 0.3 is 0 Å². The number of anilines is 1. The third-order valence-corrected chi connectivity index (χ3v) is 5.09. The molecule has 2 heterocycles. The van der Waals surface area contributed by atoms with Crippen molar-refractivity contribution in [3.8, 4) is 22.8 Å². The van der Waals surface area contributed by atoms with Crippen LogP contribution in [0.3, 0.4) is 0 Å². The molecule has 0 atom stereocenters. The van der Waals surface area contributed by atoms with Crippen LogP contribution in [0.15, 0.2) is 53.6 Å². The number of nitrogens with one attached hydrogen (secondary N) is 1. The van der Waals surface area contributed by atoms with Crippen molar-refractivity contribution in [2.45, 2.75) is 5.03 Å². The number of aromatic nitrogens is 2. The number of nitrogens with zero attached hydrogens (tertiary/aromatic N) is 2. The van der Waals surface area contributed by atoms with E-state index in [-0.39, 0.29) is 23.5 Å². The van der Waals surface area contributed by atoms with Crippen molar-refractivity contribution < 1.29 is 18.7 Å². The highest BCUT2D eigenvalue weighted by Crippen LogP contribution is 2.35. The average molecular weight is 418 g/mol. The maximum atomic E-state index is 13.4. The van der Waals surface area contributed by atoms with Crippen molar-refractivity contribution in [1.29, 1.82) is 0 Å². The Morgan fingerprint density at radius 3 is 2.75 bits per heavy atom. The number of hydrogen-bond acceptors (Lipinski definition) is 6. The molecule has 1 aromatic heterocycles. The Morgan fingerprint density at radius 1 is 1.11 bits per heavy atom. The fourth-order valence-corrected chi connectivity index (χ4v) is 3.25. The smallest absolute Gasteiger partial charge is 0.234 e. The number of rotatable bonds is 5. The summed E-state index contributed by atoms with van der Waals surface area (Å²) in [6, 6.07) is 13.2. The summed E-state index contributed by atoms with van der Waals surface area (Å²) in [5.41, 5.74) is 1.89. The van der Waals surface area contributed by atoms with Gasteiger partial charge < -0.3 is 14.8 Å². The highest BCUT2D eigenvalue weighted by Gasteiger charge is 2.14. The summed E-state index contributed by atoms with van der Waals surface area (Å²) in [5.74, 6) is 0.622. The van der Waals surface area contributed by atoms with Crippen LogP contribution >= 0.6 is 23.4 Å². The third-order valence-electron chi connectivity index (χ3n) is 3.86. The fraction of sp³-hybridized carbons (Fsp3) is 0.105. The van der Waals surface area contributed by atoms with E-state index in [9.17, 15) is 9.18 Å². The van der Waals surface area contributed by atoms with Crippen LogP contribution in [0.25, 0.3) is 11.3 Å². The number of ether oxygens (including phenoxy) is 2. The zero-order valence-corrected chi connectivity index (χ0v) is 15.9. The lowest BCUT2D eigenvalue weighted by Crippen LogP contribution is -2.14. The Hall–Kier alpha value is -2.84. The number of halogens is 2. The molecule has 1 aliphatic rings. The molecule has 2 aromatic carbocycles.